The van der Waals surface area contributed by atoms with E-state index in [4.69, 9.17) is 5.69 Å². The number of hydrogen-bond donors (Lipinski definition) is 1. The van der Waals surface area contributed by atoms with Gasteiger partial charge in [-0.1, -0.05) is 43.9 Å². The van der Waals surface area contributed by atoms with Gasteiger partial charge in [-0.3, -0.25) is 0 Å². The maximum Gasteiger partial charge on any atom is 0.133 e. The molecule has 1 aromatic heterocycles. The van der Waals surface area contributed by atoms with Crippen LogP contribution in [0, 0.1) is 11.5 Å². The fourth-order valence-corrected chi connectivity index (χ4v) is 4.96. The first kappa shape index (κ1) is 29.0. The van der Waals surface area contributed by atoms with Gasteiger partial charge in [0, 0.05) is 30.9 Å². The molecule has 35 heavy (non-hydrogen) atoms. The van der Waals surface area contributed by atoms with Crippen LogP contribution in [0.3, 0.4) is 0 Å². The summed E-state index contributed by atoms with van der Waals surface area (Å²) in [5.41, 5.74) is 7.80. The number of nitrogens with one attached hydrogen (secondary N) is 1. The van der Waals surface area contributed by atoms with Crippen molar-refractivity contribution in [1.29, 1.82) is 0 Å². The van der Waals surface area contributed by atoms with Crippen molar-refractivity contribution in [2.24, 2.45) is 0 Å². The molecular formula is C30H44FN3S. The number of benzene rings is 1. The van der Waals surface area contributed by atoms with Crippen molar-refractivity contribution in [3.05, 3.63) is 54.0 Å². The summed E-state index contributed by atoms with van der Waals surface area (Å²) in [5, 5.41) is 4.36. The van der Waals surface area contributed by atoms with Crippen molar-refractivity contribution in [3.63, 3.8) is 0 Å². The molecule has 1 saturated carbocycles. The number of rotatable bonds is 5. The van der Waals surface area contributed by atoms with E-state index in [1.807, 2.05) is 38.3 Å². The Balaban J connectivity index is 0.000000243. The van der Waals surface area contributed by atoms with Crippen LogP contribution in [-0.2, 0) is 0 Å². The highest BCUT2D eigenvalue weighted by molar-refractivity contribution is 7.87. The lowest BCUT2D eigenvalue weighted by Gasteiger charge is -2.36. The van der Waals surface area contributed by atoms with Crippen LogP contribution in [-0.4, -0.2) is 42.3 Å². The number of anilines is 1. The van der Waals surface area contributed by atoms with Gasteiger partial charge < -0.3 is 10.2 Å². The molecule has 1 aromatic carbocycles. The molecule has 0 spiro atoms. The zero-order valence-electron chi connectivity index (χ0n) is 22.2. The quantitative estimate of drug-likeness (QED) is 0.420. The Labute approximate surface area is 216 Å². The van der Waals surface area contributed by atoms with E-state index in [1.165, 1.54) is 75.6 Å². The number of piperidine rings is 1. The van der Waals surface area contributed by atoms with Gasteiger partial charge in [0.15, 0.2) is 0 Å². The topological polar surface area (TPSA) is 28.2 Å². The molecular weight excluding hydrogens is 453 g/mol. The van der Waals surface area contributed by atoms with E-state index in [2.05, 4.69) is 21.8 Å². The van der Waals surface area contributed by atoms with Gasteiger partial charge in [0.05, 0.1) is 0 Å². The Morgan fingerprint density at radius 1 is 1.17 bits per heavy atom. The summed E-state index contributed by atoms with van der Waals surface area (Å²) < 4.78 is 14.2. The highest BCUT2D eigenvalue weighted by Crippen LogP contribution is 2.28. The second-order valence-electron chi connectivity index (χ2n) is 9.57. The smallest absolute Gasteiger partial charge is 0.133 e. The standard InChI is InChI=1S/C17H19FN2.C11H21N.C2H4S/c1-5-12(6-11(2)3)13-7-14-9-17(19-4)20-10-15(14)16(18)8-13;1-3-7-11(8-4-1)12-9-5-2-6-10-12;1-3-2/h5,7-10H,2,6H2,1,3-4H3,(H,19,20);11H,1-10H2;1H,2H3/b12-5+;;. The summed E-state index contributed by atoms with van der Waals surface area (Å²) in [4.78, 5) is 6.90. The maximum atomic E-state index is 14.2. The molecule has 1 aliphatic carbocycles. The number of halogens is 1. The molecule has 192 valence electrons. The number of aromatic nitrogens is 1. The van der Waals surface area contributed by atoms with Gasteiger partial charge in [0.1, 0.15) is 11.6 Å². The molecule has 2 fully saturated rings. The van der Waals surface area contributed by atoms with Crippen LogP contribution in [0.1, 0.15) is 77.2 Å². The molecule has 3 nitrogen and oxygen atoms in total. The second kappa shape index (κ2) is 15.7. The molecule has 1 aliphatic heterocycles. The third-order valence-corrected chi connectivity index (χ3v) is 6.74. The summed E-state index contributed by atoms with van der Waals surface area (Å²) in [6.45, 7) is 10.7. The molecule has 4 rings (SSSR count). The number of nitrogens with zero attached hydrogens (tertiary/aromatic N) is 2. The summed E-state index contributed by atoms with van der Waals surface area (Å²) in [6.07, 6.45) is 18.0. The highest BCUT2D eigenvalue weighted by Gasteiger charge is 2.21. The van der Waals surface area contributed by atoms with Gasteiger partial charge in [-0.15, -0.1) is 16.9 Å². The van der Waals surface area contributed by atoms with E-state index in [9.17, 15) is 4.39 Å². The molecule has 1 N–H and O–H groups in total. The van der Waals surface area contributed by atoms with Gasteiger partial charge in [-0.25, -0.2) is 9.37 Å². The second-order valence-corrected chi connectivity index (χ2v) is 10.0. The van der Waals surface area contributed by atoms with Crippen molar-refractivity contribution in [3.8, 4) is 5.69 Å². The van der Waals surface area contributed by atoms with E-state index in [0.717, 1.165) is 40.4 Å². The molecule has 2 heterocycles. The molecule has 0 radical (unpaired) electrons. The van der Waals surface area contributed by atoms with Crippen LogP contribution in [0.2, 0.25) is 0 Å². The van der Waals surface area contributed by atoms with Crippen molar-refractivity contribution < 1.29 is 4.39 Å². The molecule has 0 unspecified atom stereocenters. The number of allylic oxidation sites excluding steroid dienone is 3. The maximum absolute atomic E-state index is 14.2. The lowest BCUT2D eigenvalue weighted by atomic mass is 9.93. The molecule has 5 heteroatoms. The lowest BCUT2D eigenvalue weighted by molar-refractivity contribution is 0.131. The van der Waals surface area contributed by atoms with E-state index in [-0.39, 0.29) is 5.82 Å². The predicted octanol–water partition coefficient (Wildman–Crippen LogP) is 8.53. The number of pyridine rings is 1. The summed E-state index contributed by atoms with van der Waals surface area (Å²) in [6, 6.07) is 6.40. The van der Waals surface area contributed by atoms with Gasteiger partial charge >= 0.3 is 0 Å². The van der Waals surface area contributed by atoms with Gasteiger partial charge in [-0.2, -0.15) is 0 Å². The highest BCUT2D eigenvalue weighted by atomic mass is 32.1. The summed E-state index contributed by atoms with van der Waals surface area (Å²) in [7, 11) is 1.80. The Morgan fingerprint density at radius 2 is 1.80 bits per heavy atom. The van der Waals surface area contributed by atoms with Crippen molar-refractivity contribution in [2.45, 2.75) is 77.7 Å². The zero-order chi connectivity index (χ0) is 25.6. The van der Waals surface area contributed by atoms with Crippen LogP contribution in [0.5, 0.6) is 0 Å². The minimum absolute atomic E-state index is 0.242. The number of fused-ring (bicyclic) bond motifs is 1. The van der Waals surface area contributed by atoms with E-state index < -0.39 is 0 Å². The molecule has 0 atom stereocenters. The minimum Gasteiger partial charge on any atom is -0.373 e. The zero-order valence-corrected chi connectivity index (χ0v) is 23.0. The Hall–Kier alpha value is -2.20. The largest absolute Gasteiger partial charge is 0.373 e. The summed E-state index contributed by atoms with van der Waals surface area (Å²) >= 11 is 1.25. The average Bonchev–Trinajstić information content (AvgIpc) is 2.88. The fourth-order valence-electron chi connectivity index (χ4n) is 4.96. The molecule has 0 amide bonds. The Kier molecular flexibility index (Phi) is 13.0. The molecule has 2 aliphatic rings. The third kappa shape index (κ3) is 9.40. The average molecular weight is 498 g/mol. The first-order valence-corrected chi connectivity index (χ1v) is 14.3. The van der Waals surface area contributed by atoms with Crippen LogP contribution in [0.25, 0.3) is 16.3 Å². The van der Waals surface area contributed by atoms with Gasteiger partial charge in [0.2, 0.25) is 0 Å². The van der Waals surface area contributed by atoms with E-state index in [0.29, 0.717) is 5.39 Å². The van der Waals surface area contributed by atoms with E-state index in [1.54, 1.807) is 19.3 Å². The van der Waals surface area contributed by atoms with E-state index >= 15 is 0 Å². The van der Waals surface area contributed by atoms with Crippen LogP contribution < -0.4 is 5.32 Å². The number of hydrogen-bond acceptors (Lipinski definition) is 3. The van der Waals surface area contributed by atoms with Crippen LogP contribution >= 0.6 is 11.2 Å². The minimum atomic E-state index is -0.242. The van der Waals surface area contributed by atoms with Crippen molar-refractivity contribution in [2.75, 3.05) is 31.7 Å². The lowest BCUT2D eigenvalue weighted by Crippen LogP contribution is -2.40. The van der Waals surface area contributed by atoms with Gasteiger partial charge in [-0.05, 0) is 93.8 Å². The molecule has 1 saturated heterocycles. The van der Waals surface area contributed by atoms with Crippen molar-refractivity contribution in [1.82, 2.24) is 9.88 Å². The summed E-state index contributed by atoms with van der Waals surface area (Å²) in [5.74, 6) is 0.490. The molecule has 2 aromatic rings. The SMILES string of the molecule is C#SC.C1CCC(N2CCCCC2)CC1.C=C(C)C/C(=C\C)c1cc(F)c2cnc(NC)cc2c1. The monoisotopic (exact) mass is 497 g/mol. The fraction of sp³-hybridized carbons (Fsp3) is 0.533. The van der Waals surface area contributed by atoms with Crippen LogP contribution in [0.4, 0.5) is 10.2 Å². The normalized spacial score (nSPS) is 17.0. The van der Waals surface area contributed by atoms with Gasteiger partial charge in [0.25, 0.3) is 0 Å². The van der Waals surface area contributed by atoms with Crippen molar-refractivity contribution >= 4 is 33.3 Å². The Morgan fingerprint density at radius 3 is 2.37 bits per heavy atom. The number of likely N-dealkylation sites (tertiary alicyclic amines) is 1. The van der Waals surface area contributed by atoms with Crippen LogP contribution in [0.15, 0.2) is 42.6 Å². The third-order valence-electron chi connectivity index (χ3n) is 6.74. The predicted molar refractivity (Wildman–Crippen MR) is 155 cm³/mol. The first-order valence-electron chi connectivity index (χ1n) is 13.0. The Bertz CT molecular complexity index is 996. The molecule has 0 bridgehead atoms. The first-order chi connectivity index (χ1) is 16.9.